The predicted octanol–water partition coefficient (Wildman–Crippen LogP) is 11.0. The highest BCUT2D eigenvalue weighted by Crippen LogP contribution is 2.53. The van der Waals surface area contributed by atoms with Crippen molar-refractivity contribution in [2.75, 3.05) is 0 Å². The van der Waals surface area contributed by atoms with E-state index in [1.165, 1.54) is 54.2 Å². The minimum Gasteiger partial charge on any atom is -0.456 e. The maximum Gasteiger partial charge on any atom is 0.135 e. The monoisotopic (exact) mass is 541 g/mol. The number of para-hydroxylation sites is 2. The van der Waals surface area contributed by atoms with Gasteiger partial charge in [0.05, 0.1) is 11.2 Å². The van der Waals surface area contributed by atoms with Crippen molar-refractivity contribution >= 4 is 44.6 Å². The topological polar surface area (TPSA) is 18.1 Å². The Morgan fingerprint density at radius 2 is 1.15 bits per heavy atom. The van der Waals surface area contributed by atoms with Crippen LogP contribution in [0.4, 0.5) is 0 Å². The van der Waals surface area contributed by atoms with Crippen LogP contribution in [0.15, 0.2) is 154 Å². The Labute approximate surface area is 241 Å². The van der Waals surface area contributed by atoms with Crippen molar-refractivity contribution in [1.82, 2.24) is 4.57 Å². The predicted molar refractivity (Wildman–Crippen MR) is 171 cm³/mol. The van der Waals surface area contributed by atoms with Crippen LogP contribution in [-0.4, -0.2) is 4.57 Å². The molecule has 0 fully saturated rings. The second-order valence-electron chi connectivity index (χ2n) is 10.5. The molecule has 192 valence electrons. The fourth-order valence-electron chi connectivity index (χ4n) is 6.46. The molecule has 41 heavy (non-hydrogen) atoms. The van der Waals surface area contributed by atoms with Crippen LogP contribution in [-0.2, 0) is 0 Å². The number of hydrogen-bond acceptors (Lipinski definition) is 2. The lowest BCUT2D eigenvalue weighted by Crippen LogP contribution is -1.99. The molecule has 0 spiro atoms. The van der Waals surface area contributed by atoms with Crippen LogP contribution in [0.2, 0.25) is 0 Å². The highest BCUT2D eigenvalue weighted by molar-refractivity contribution is 7.99. The van der Waals surface area contributed by atoms with E-state index in [2.05, 4.69) is 132 Å². The van der Waals surface area contributed by atoms with Crippen LogP contribution in [0.5, 0.6) is 0 Å². The van der Waals surface area contributed by atoms with Gasteiger partial charge in [-0.05, 0) is 47.5 Å². The van der Waals surface area contributed by atoms with E-state index >= 15 is 0 Å². The fourth-order valence-corrected chi connectivity index (χ4v) is 7.54. The highest BCUT2D eigenvalue weighted by Gasteiger charge is 2.29. The van der Waals surface area contributed by atoms with Crippen molar-refractivity contribution in [3.05, 3.63) is 140 Å². The molecular weight excluding hydrogens is 518 g/mol. The molecular formula is C38H23NOS. The van der Waals surface area contributed by atoms with Gasteiger partial charge in [-0.1, -0.05) is 115 Å². The normalized spacial score (nSPS) is 12.3. The second kappa shape index (κ2) is 8.76. The summed E-state index contributed by atoms with van der Waals surface area (Å²) in [6, 6.07) is 50.1. The van der Waals surface area contributed by atoms with E-state index in [0.717, 1.165) is 27.6 Å². The summed E-state index contributed by atoms with van der Waals surface area (Å²) < 4.78 is 8.72. The van der Waals surface area contributed by atoms with Crippen LogP contribution in [0, 0.1) is 0 Å². The van der Waals surface area contributed by atoms with Gasteiger partial charge in [0, 0.05) is 48.3 Å². The molecule has 0 radical (unpaired) electrons. The number of hydrogen-bond donors (Lipinski definition) is 0. The Morgan fingerprint density at radius 3 is 2.02 bits per heavy atom. The smallest absolute Gasteiger partial charge is 0.135 e. The third-order valence-corrected chi connectivity index (χ3v) is 9.36. The summed E-state index contributed by atoms with van der Waals surface area (Å²) in [5.74, 6) is 0. The molecule has 0 aliphatic carbocycles. The van der Waals surface area contributed by atoms with Gasteiger partial charge in [-0.3, -0.25) is 0 Å². The zero-order valence-corrected chi connectivity index (χ0v) is 22.9. The molecule has 1 aliphatic heterocycles. The third-order valence-electron chi connectivity index (χ3n) is 8.21. The first-order chi connectivity index (χ1) is 20.3. The summed E-state index contributed by atoms with van der Waals surface area (Å²) in [5, 5.41) is 3.52. The number of rotatable bonds is 2. The summed E-state index contributed by atoms with van der Waals surface area (Å²) in [5.41, 5.74) is 11.6. The quantitative estimate of drug-likeness (QED) is 0.217. The van der Waals surface area contributed by atoms with Crippen molar-refractivity contribution in [2.45, 2.75) is 9.79 Å². The largest absolute Gasteiger partial charge is 0.456 e. The van der Waals surface area contributed by atoms with Gasteiger partial charge in [-0.25, -0.2) is 0 Å². The van der Waals surface area contributed by atoms with Gasteiger partial charge in [0.1, 0.15) is 11.2 Å². The van der Waals surface area contributed by atoms with Gasteiger partial charge in [-0.15, -0.1) is 0 Å². The summed E-state index contributed by atoms with van der Waals surface area (Å²) in [4.78, 5) is 2.54. The van der Waals surface area contributed by atoms with Crippen LogP contribution in [0.25, 0.3) is 72.0 Å². The minimum atomic E-state index is 0.905. The molecule has 9 rings (SSSR count). The van der Waals surface area contributed by atoms with E-state index in [9.17, 15) is 0 Å². The van der Waals surface area contributed by atoms with Crippen molar-refractivity contribution < 1.29 is 4.42 Å². The van der Waals surface area contributed by atoms with Crippen LogP contribution in [0.3, 0.4) is 0 Å². The molecule has 1 aliphatic rings. The molecule has 0 saturated heterocycles. The average Bonchev–Trinajstić information content (AvgIpc) is 3.53. The zero-order valence-electron chi connectivity index (χ0n) is 22.0. The van der Waals surface area contributed by atoms with Crippen molar-refractivity contribution in [3.8, 4) is 39.2 Å². The van der Waals surface area contributed by atoms with Gasteiger partial charge in [0.2, 0.25) is 0 Å². The van der Waals surface area contributed by atoms with Crippen LogP contribution >= 0.6 is 11.8 Å². The number of furan rings is 1. The van der Waals surface area contributed by atoms with E-state index in [0.29, 0.717) is 0 Å². The van der Waals surface area contributed by atoms with Gasteiger partial charge in [-0.2, -0.15) is 0 Å². The molecule has 0 atom stereocenters. The molecule has 8 aromatic rings. The Hall–Kier alpha value is -4.99. The van der Waals surface area contributed by atoms with Crippen LogP contribution < -0.4 is 0 Å². The number of fused-ring (bicyclic) bond motifs is 10. The van der Waals surface area contributed by atoms with Crippen molar-refractivity contribution in [1.29, 1.82) is 0 Å². The van der Waals surface area contributed by atoms with E-state index in [1.54, 1.807) is 0 Å². The fraction of sp³-hybridized carbons (Fsp3) is 0. The maximum absolute atomic E-state index is 6.23. The molecule has 2 aromatic heterocycles. The SMILES string of the molecule is c1ccc(-c2cccc3c4c(n(-c5ccc6oc7ccccc7c6c5)c23)-c2ccccc2Sc2ccccc2-4)cc1. The maximum atomic E-state index is 6.23. The summed E-state index contributed by atoms with van der Waals surface area (Å²) >= 11 is 1.86. The highest BCUT2D eigenvalue weighted by atomic mass is 32.2. The average molecular weight is 542 g/mol. The van der Waals surface area contributed by atoms with Gasteiger partial charge >= 0.3 is 0 Å². The Kier molecular flexibility index (Phi) is 4.87. The standard InChI is InChI=1S/C38H23NOS/c1-2-11-24(12-3-1)26-16-10-17-30-36-28-14-5-8-19-34(28)41-35-20-9-6-15-29(35)38(36)39(37(26)30)25-21-22-33-31(23-25)27-13-4-7-18-32(27)40-33/h1-23H. The van der Waals surface area contributed by atoms with E-state index in [1.807, 2.05) is 23.9 Å². The molecule has 6 aromatic carbocycles. The Balaban J connectivity index is 1.50. The molecule has 3 heterocycles. The molecule has 0 N–H and O–H groups in total. The summed E-state index contributed by atoms with van der Waals surface area (Å²) in [7, 11) is 0. The van der Waals surface area contributed by atoms with Crippen LogP contribution in [0.1, 0.15) is 0 Å². The summed E-state index contributed by atoms with van der Waals surface area (Å²) in [6.45, 7) is 0. The third kappa shape index (κ3) is 3.33. The molecule has 0 unspecified atom stereocenters. The lowest BCUT2D eigenvalue weighted by molar-refractivity contribution is 0.669. The first-order valence-corrected chi connectivity index (χ1v) is 14.7. The molecule has 0 saturated carbocycles. The van der Waals surface area contributed by atoms with E-state index in [4.69, 9.17) is 4.42 Å². The first-order valence-electron chi connectivity index (χ1n) is 13.9. The Morgan fingerprint density at radius 1 is 0.488 bits per heavy atom. The van der Waals surface area contributed by atoms with Crippen molar-refractivity contribution in [3.63, 3.8) is 0 Å². The van der Waals surface area contributed by atoms with Gasteiger partial charge in [0.15, 0.2) is 0 Å². The summed E-state index contributed by atoms with van der Waals surface area (Å²) in [6.07, 6.45) is 0. The second-order valence-corrected chi connectivity index (χ2v) is 11.6. The molecule has 0 bridgehead atoms. The van der Waals surface area contributed by atoms with E-state index < -0.39 is 0 Å². The van der Waals surface area contributed by atoms with Gasteiger partial charge in [0.25, 0.3) is 0 Å². The number of benzene rings is 6. The molecule has 2 nitrogen and oxygen atoms in total. The van der Waals surface area contributed by atoms with E-state index in [-0.39, 0.29) is 0 Å². The van der Waals surface area contributed by atoms with Gasteiger partial charge < -0.3 is 8.98 Å². The molecule has 0 amide bonds. The lowest BCUT2D eigenvalue weighted by Gasteiger charge is -2.16. The minimum absolute atomic E-state index is 0.905. The number of aromatic nitrogens is 1. The number of nitrogens with zero attached hydrogens (tertiary/aromatic N) is 1. The lowest BCUT2D eigenvalue weighted by atomic mass is 9.96. The Bertz CT molecular complexity index is 2290. The zero-order chi connectivity index (χ0) is 26.9. The van der Waals surface area contributed by atoms with Crippen molar-refractivity contribution in [2.24, 2.45) is 0 Å². The molecule has 3 heteroatoms. The first kappa shape index (κ1) is 22.8.